The van der Waals surface area contributed by atoms with Crippen molar-refractivity contribution in [3.05, 3.63) is 29.6 Å². The van der Waals surface area contributed by atoms with Gasteiger partial charge in [-0.3, -0.25) is 9.78 Å². The molecule has 4 heteroatoms. The van der Waals surface area contributed by atoms with E-state index in [0.29, 0.717) is 6.54 Å². The molecule has 0 radical (unpaired) electrons. The predicted molar refractivity (Wildman–Crippen MR) is 62.2 cm³/mol. The maximum absolute atomic E-state index is 11.4. The van der Waals surface area contributed by atoms with E-state index in [1.54, 1.807) is 6.20 Å². The number of nitrogens with one attached hydrogen (secondary N) is 1. The number of hydrogen-bond donors (Lipinski definition) is 2. The van der Waals surface area contributed by atoms with Gasteiger partial charge in [0.05, 0.1) is 6.04 Å². The summed E-state index contributed by atoms with van der Waals surface area (Å²) in [7, 11) is 0. The zero-order valence-electron chi connectivity index (χ0n) is 9.23. The Balaban J connectivity index is 2.43. The standard InChI is InChI=1S/C12H15N3O/c1-3-4-11(13)12(16)15-8-10-6-5-9(2)14-7-10/h1,5-7,11H,4,8,13H2,2H3,(H,15,16). The van der Waals surface area contributed by atoms with E-state index in [1.165, 1.54) is 0 Å². The van der Waals surface area contributed by atoms with Crippen LogP contribution >= 0.6 is 0 Å². The molecule has 0 bridgehead atoms. The summed E-state index contributed by atoms with van der Waals surface area (Å²) in [5.41, 5.74) is 7.43. The minimum absolute atomic E-state index is 0.237. The highest BCUT2D eigenvalue weighted by Gasteiger charge is 2.10. The number of carbonyl (C=O) groups excluding carboxylic acids is 1. The Morgan fingerprint density at radius 3 is 3.00 bits per heavy atom. The van der Waals surface area contributed by atoms with Crippen LogP contribution in [0.2, 0.25) is 0 Å². The van der Waals surface area contributed by atoms with Crippen molar-refractivity contribution in [2.75, 3.05) is 0 Å². The highest BCUT2D eigenvalue weighted by Crippen LogP contribution is 1.98. The lowest BCUT2D eigenvalue weighted by atomic mass is 10.2. The number of rotatable bonds is 4. The Hall–Kier alpha value is -1.86. The number of aromatic nitrogens is 1. The molecule has 0 spiro atoms. The molecule has 16 heavy (non-hydrogen) atoms. The van der Waals surface area contributed by atoms with E-state index in [1.807, 2.05) is 19.1 Å². The van der Waals surface area contributed by atoms with Crippen LogP contribution in [-0.4, -0.2) is 16.9 Å². The average Bonchev–Trinajstić information content (AvgIpc) is 2.28. The maximum atomic E-state index is 11.4. The Morgan fingerprint density at radius 1 is 1.69 bits per heavy atom. The summed E-state index contributed by atoms with van der Waals surface area (Å²) in [5.74, 6) is 2.12. The van der Waals surface area contributed by atoms with Gasteiger partial charge in [0, 0.05) is 24.9 Å². The van der Waals surface area contributed by atoms with Crippen LogP contribution < -0.4 is 11.1 Å². The Bertz CT molecular complexity index is 392. The van der Waals surface area contributed by atoms with Gasteiger partial charge in [-0.15, -0.1) is 12.3 Å². The number of pyridine rings is 1. The first-order valence-corrected chi connectivity index (χ1v) is 5.01. The van der Waals surface area contributed by atoms with Crippen molar-refractivity contribution in [1.29, 1.82) is 0 Å². The normalized spacial score (nSPS) is 11.6. The van der Waals surface area contributed by atoms with Crippen molar-refractivity contribution in [2.24, 2.45) is 5.73 Å². The lowest BCUT2D eigenvalue weighted by Gasteiger charge is -2.09. The van der Waals surface area contributed by atoms with E-state index in [0.717, 1.165) is 11.3 Å². The van der Waals surface area contributed by atoms with Gasteiger partial charge in [0.25, 0.3) is 0 Å². The van der Waals surface area contributed by atoms with Crippen molar-refractivity contribution in [3.8, 4) is 12.3 Å². The first kappa shape index (κ1) is 12.2. The molecule has 0 aliphatic carbocycles. The fraction of sp³-hybridized carbons (Fsp3) is 0.333. The van der Waals surface area contributed by atoms with Crippen molar-refractivity contribution in [2.45, 2.75) is 25.9 Å². The monoisotopic (exact) mass is 217 g/mol. The first-order valence-electron chi connectivity index (χ1n) is 5.01. The second-order valence-electron chi connectivity index (χ2n) is 3.54. The van der Waals surface area contributed by atoms with E-state index < -0.39 is 6.04 Å². The molecule has 1 atom stereocenters. The number of terminal acetylenes is 1. The van der Waals surface area contributed by atoms with Crippen LogP contribution in [0.5, 0.6) is 0 Å². The summed E-state index contributed by atoms with van der Waals surface area (Å²) < 4.78 is 0. The van der Waals surface area contributed by atoms with Gasteiger partial charge in [0.15, 0.2) is 0 Å². The van der Waals surface area contributed by atoms with E-state index in [4.69, 9.17) is 12.2 Å². The zero-order valence-corrected chi connectivity index (χ0v) is 9.23. The molecule has 1 heterocycles. The largest absolute Gasteiger partial charge is 0.351 e. The fourth-order valence-electron chi connectivity index (χ4n) is 1.14. The van der Waals surface area contributed by atoms with Gasteiger partial charge in [-0.25, -0.2) is 0 Å². The molecule has 3 N–H and O–H groups in total. The quantitative estimate of drug-likeness (QED) is 0.715. The summed E-state index contributed by atoms with van der Waals surface area (Å²) in [4.78, 5) is 15.5. The van der Waals surface area contributed by atoms with Gasteiger partial charge in [-0.1, -0.05) is 6.07 Å². The smallest absolute Gasteiger partial charge is 0.238 e. The lowest BCUT2D eigenvalue weighted by molar-refractivity contribution is -0.122. The molecule has 1 amide bonds. The molecule has 1 aromatic heterocycles. The molecule has 0 saturated carbocycles. The van der Waals surface area contributed by atoms with Crippen LogP contribution in [0, 0.1) is 19.3 Å². The number of nitrogens with two attached hydrogens (primary N) is 1. The molecule has 0 aliphatic rings. The summed E-state index contributed by atoms with van der Waals surface area (Å²) in [5, 5.41) is 2.70. The van der Waals surface area contributed by atoms with Crippen molar-refractivity contribution in [1.82, 2.24) is 10.3 Å². The van der Waals surface area contributed by atoms with Crippen LogP contribution in [0.3, 0.4) is 0 Å². The Kier molecular flexibility index (Phi) is 4.49. The Morgan fingerprint density at radius 2 is 2.44 bits per heavy atom. The molecule has 4 nitrogen and oxygen atoms in total. The molecule has 1 rings (SSSR count). The third-order valence-electron chi connectivity index (χ3n) is 2.11. The van der Waals surface area contributed by atoms with Crippen molar-refractivity contribution in [3.63, 3.8) is 0 Å². The SMILES string of the molecule is C#CCC(N)C(=O)NCc1ccc(C)nc1. The molecule has 84 valence electrons. The fourth-order valence-corrected chi connectivity index (χ4v) is 1.14. The average molecular weight is 217 g/mol. The van der Waals surface area contributed by atoms with Crippen LogP contribution in [-0.2, 0) is 11.3 Å². The van der Waals surface area contributed by atoms with E-state index >= 15 is 0 Å². The second kappa shape index (κ2) is 5.89. The van der Waals surface area contributed by atoms with Crippen molar-refractivity contribution < 1.29 is 4.79 Å². The number of nitrogens with zero attached hydrogens (tertiary/aromatic N) is 1. The molecule has 0 fully saturated rings. The van der Waals surface area contributed by atoms with Crippen LogP contribution in [0.15, 0.2) is 18.3 Å². The van der Waals surface area contributed by atoms with Crippen LogP contribution in [0.1, 0.15) is 17.7 Å². The molecular formula is C12H15N3O. The van der Waals surface area contributed by atoms with Crippen LogP contribution in [0.4, 0.5) is 0 Å². The van der Waals surface area contributed by atoms with E-state index in [9.17, 15) is 4.79 Å². The minimum atomic E-state index is -0.636. The van der Waals surface area contributed by atoms with Gasteiger partial charge in [-0.05, 0) is 18.6 Å². The second-order valence-corrected chi connectivity index (χ2v) is 3.54. The lowest BCUT2D eigenvalue weighted by Crippen LogP contribution is -2.39. The molecule has 1 unspecified atom stereocenters. The van der Waals surface area contributed by atoms with Crippen LogP contribution in [0.25, 0.3) is 0 Å². The highest BCUT2D eigenvalue weighted by atomic mass is 16.2. The van der Waals surface area contributed by atoms with E-state index in [2.05, 4.69) is 16.2 Å². The summed E-state index contributed by atoms with van der Waals surface area (Å²) in [6.07, 6.45) is 7.04. The topological polar surface area (TPSA) is 68.0 Å². The number of carbonyl (C=O) groups is 1. The summed E-state index contributed by atoms with van der Waals surface area (Å²) >= 11 is 0. The number of aryl methyl sites for hydroxylation is 1. The molecular weight excluding hydrogens is 202 g/mol. The third kappa shape index (κ3) is 3.71. The summed E-state index contributed by atoms with van der Waals surface area (Å²) in [6, 6.07) is 3.17. The predicted octanol–water partition coefficient (Wildman–Crippen LogP) is 0.357. The molecule has 0 aliphatic heterocycles. The third-order valence-corrected chi connectivity index (χ3v) is 2.11. The first-order chi connectivity index (χ1) is 7.63. The highest BCUT2D eigenvalue weighted by molar-refractivity contribution is 5.81. The minimum Gasteiger partial charge on any atom is -0.351 e. The zero-order chi connectivity index (χ0) is 12.0. The number of hydrogen-bond acceptors (Lipinski definition) is 3. The van der Waals surface area contributed by atoms with Gasteiger partial charge < -0.3 is 11.1 Å². The van der Waals surface area contributed by atoms with Crippen molar-refractivity contribution >= 4 is 5.91 Å². The summed E-state index contributed by atoms with van der Waals surface area (Å²) in [6.45, 7) is 2.33. The molecule has 1 aromatic rings. The van der Waals surface area contributed by atoms with Gasteiger partial charge in [-0.2, -0.15) is 0 Å². The number of amides is 1. The Labute approximate surface area is 95.3 Å². The van der Waals surface area contributed by atoms with Gasteiger partial charge in [0.1, 0.15) is 0 Å². The van der Waals surface area contributed by atoms with Gasteiger partial charge in [0.2, 0.25) is 5.91 Å². The maximum Gasteiger partial charge on any atom is 0.238 e. The molecule has 0 saturated heterocycles. The molecule has 0 aromatic carbocycles. The van der Waals surface area contributed by atoms with E-state index in [-0.39, 0.29) is 12.3 Å². The van der Waals surface area contributed by atoms with Gasteiger partial charge >= 0.3 is 0 Å².